The summed E-state index contributed by atoms with van der Waals surface area (Å²) in [6.07, 6.45) is 1.72. The Hall–Kier alpha value is -2.88. The smallest absolute Gasteiger partial charge is 0.243 e. The molecule has 3 aromatic rings. The van der Waals surface area contributed by atoms with Crippen molar-refractivity contribution in [3.63, 3.8) is 0 Å². The normalized spacial score (nSPS) is 14.6. The molecule has 0 saturated carbocycles. The summed E-state index contributed by atoms with van der Waals surface area (Å²) in [7, 11) is -3.67. The molecule has 0 unspecified atom stereocenters. The van der Waals surface area contributed by atoms with Crippen LogP contribution in [0.3, 0.4) is 0 Å². The molecule has 182 valence electrons. The van der Waals surface area contributed by atoms with Crippen molar-refractivity contribution in [1.29, 1.82) is 0 Å². The van der Waals surface area contributed by atoms with E-state index >= 15 is 0 Å². The van der Waals surface area contributed by atoms with Gasteiger partial charge >= 0.3 is 0 Å². The maximum atomic E-state index is 13.1. The van der Waals surface area contributed by atoms with Crippen molar-refractivity contribution in [2.75, 3.05) is 49.6 Å². The molecule has 2 heterocycles. The lowest BCUT2D eigenvalue weighted by Crippen LogP contribution is -2.37. The largest absolute Gasteiger partial charge is 0.464 e. The van der Waals surface area contributed by atoms with E-state index in [1.807, 2.05) is 39.0 Å². The van der Waals surface area contributed by atoms with Crippen LogP contribution in [0.5, 0.6) is 0 Å². The Bertz CT molecular complexity index is 1270. The molecule has 0 atom stereocenters. The third-order valence-corrected chi connectivity index (χ3v) is 8.15. The molecule has 8 nitrogen and oxygen atoms in total. The second-order valence-corrected chi connectivity index (χ2v) is 10.3. The van der Waals surface area contributed by atoms with Crippen LogP contribution in [0, 0.1) is 6.92 Å². The van der Waals surface area contributed by atoms with Crippen LogP contribution in [-0.2, 0) is 26.0 Å². The van der Waals surface area contributed by atoms with Crippen molar-refractivity contribution < 1.29 is 22.4 Å². The summed E-state index contributed by atoms with van der Waals surface area (Å²) in [5.41, 5.74) is 3.86. The van der Waals surface area contributed by atoms with E-state index in [4.69, 9.17) is 9.15 Å². The maximum Gasteiger partial charge on any atom is 0.243 e. The first-order valence-corrected chi connectivity index (χ1v) is 13.0. The molecule has 1 N–H and O–H groups in total. The van der Waals surface area contributed by atoms with E-state index in [0.717, 1.165) is 27.8 Å². The Morgan fingerprint density at radius 1 is 1.09 bits per heavy atom. The first kappa shape index (κ1) is 24.3. The number of nitrogens with one attached hydrogen (secondary N) is 1. The highest BCUT2D eigenvalue weighted by Gasteiger charge is 2.25. The number of ether oxygens (including phenoxy) is 1. The lowest BCUT2D eigenvalue weighted by molar-refractivity contribution is -0.115. The van der Waals surface area contributed by atoms with Crippen molar-refractivity contribution in [2.45, 2.75) is 32.1 Å². The molecule has 1 saturated heterocycles. The molecule has 0 spiro atoms. The number of rotatable bonds is 8. The number of furan rings is 1. The minimum atomic E-state index is -3.67. The number of anilines is 2. The number of carbonyl (C=O) groups excluding carboxylic acids is 1. The quantitative estimate of drug-likeness (QED) is 0.522. The van der Waals surface area contributed by atoms with Gasteiger partial charge in [-0.3, -0.25) is 4.79 Å². The van der Waals surface area contributed by atoms with Crippen LogP contribution in [0.2, 0.25) is 0 Å². The van der Waals surface area contributed by atoms with Gasteiger partial charge in [-0.25, -0.2) is 8.42 Å². The molecule has 0 radical (unpaired) electrons. The first-order valence-electron chi connectivity index (χ1n) is 11.6. The molecule has 34 heavy (non-hydrogen) atoms. The van der Waals surface area contributed by atoms with Crippen LogP contribution >= 0.6 is 0 Å². The third kappa shape index (κ3) is 4.96. The maximum absolute atomic E-state index is 13.1. The SMILES string of the molecule is CCN(CC)S(=O)(=O)c1ccc(N2CCOCC2)c(NC(=O)Cc2coc3cc(C)ccc23)c1. The van der Waals surface area contributed by atoms with E-state index in [2.05, 4.69) is 10.2 Å². The van der Waals surface area contributed by atoms with Crippen molar-refractivity contribution >= 4 is 38.3 Å². The van der Waals surface area contributed by atoms with E-state index in [0.29, 0.717) is 45.1 Å². The van der Waals surface area contributed by atoms with Gasteiger partial charge in [0.25, 0.3) is 0 Å². The molecular formula is C25H31N3O5S. The van der Waals surface area contributed by atoms with Gasteiger partial charge in [0.05, 0.1) is 42.2 Å². The number of aryl methyl sites for hydroxylation is 1. The number of hydrogen-bond donors (Lipinski definition) is 1. The Morgan fingerprint density at radius 3 is 2.53 bits per heavy atom. The number of carbonyl (C=O) groups is 1. The van der Waals surface area contributed by atoms with Crippen LogP contribution in [-0.4, -0.2) is 58.0 Å². The average Bonchev–Trinajstić information content (AvgIpc) is 3.21. The van der Waals surface area contributed by atoms with Gasteiger partial charge in [0, 0.05) is 37.1 Å². The number of hydrogen-bond acceptors (Lipinski definition) is 6. The highest BCUT2D eigenvalue weighted by atomic mass is 32.2. The second-order valence-electron chi connectivity index (χ2n) is 8.35. The highest BCUT2D eigenvalue weighted by Crippen LogP contribution is 2.31. The zero-order chi connectivity index (χ0) is 24.3. The van der Waals surface area contributed by atoms with Gasteiger partial charge in [0.1, 0.15) is 5.58 Å². The molecule has 1 amide bonds. The highest BCUT2D eigenvalue weighted by molar-refractivity contribution is 7.89. The fourth-order valence-electron chi connectivity index (χ4n) is 4.26. The predicted octanol–water partition coefficient (Wildman–Crippen LogP) is 3.79. The Kier molecular flexibility index (Phi) is 7.25. The van der Waals surface area contributed by atoms with Crippen LogP contribution in [0.25, 0.3) is 11.0 Å². The number of benzene rings is 2. The minimum absolute atomic E-state index is 0.117. The average molecular weight is 486 g/mol. The topological polar surface area (TPSA) is 92.1 Å². The minimum Gasteiger partial charge on any atom is -0.464 e. The number of amides is 1. The molecule has 2 aromatic carbocycles. The van der Waals surface area contributed by atoms with Gasteiger partial charge in [-0.05, 0) is 36.8 Å². The van der Waals surface area contributed by atoms with E-state index < -0.39 is 10.0 Å². The number of sulfonamides is 1. The summed E-state index contributed by atoms with van der Waals surface area (Å²) < 4.78 is 38.7. The van der Waals surface area contributed by atoms with Gasteiger partial charge in [-0.1, -0.05) is 26.0 Å². The Morgan fingerprint density at radius 2 is 1.82 bits per heavy atom. The summed E-state index contributed by atoms with van der Waals surface area (Å²) >= 11 is 0. The van der Waals surface area contributed by atoms with Crippen LogP contribution < -0.4 is 10.2 Å². The predicted molar refractivity (Wildman–Crippen MR) is 133 cm³/mol. The van der Waals surface area contributed by atoms with Crippen molar-refractivity contribution in [3.8, 4) is 0 Å². The molecule has 1 aliphatic rings. The molecule has 4 rings (SSSR count). The number of nitrogens with zero attached hydrogens (tertiary/aromatic N) is 2. The summed E-state index contributed by atoms with van der Waals surface area (Å²) in [4.78, 5) is 15.3. The van der Waals surface area contributed by atoms with Crippen LogP contribution in [0.1, 0.15) is 25.0 Å². The molecule has 1 aromatic heterocycles. The van der Waals surface area contributed by atoms with Crippen molar-refractivity contribution in [1.82, 2.24) is 4.31 Å². The third-order valence-electron chi connectivity index (χ3n) is 6.10. The molecule has 0 bridgehead atoms. The fourth-order valence-corrected chi connectivity index (χ4v) is 5.75. The van der Waals surface area contributed by atoms with Crippen molar-refractivity contribution in [2.24, 2.45) is 0 Å². The monoisotopic (exact) mass is 485 g/mol. The van der Waals surface area contributed by atoms with E-state index in [9.17, 15) is 13.2 Å². The molecule has 1 aliphatic heterocycles. The lowest BCUT2D eigenvalue weighted by Gasteiger charge is -2.31. The van der Waals surface area contributed by atoms with Gasteiger partial charge in [0.15, 0.2) is 0 Å². The second kappa shape index (κ2) is 10.2. The van der Waals surface area contributed by atoms with E-state index in [-0.39, 0.29) is 17.2 Å². The number of morpholine rings is 1. The Labute approximate surface area is 200 Å². The summed E-state index contributed by atoms with van der Waals surface area (Å²) in [5.74, 6) is -0.241. The van der Waals surface area contributed by atoms with Gasteiger partial charge in [-0.15, -0.1) is 0 Å². The molecular weight excluding hydrogens is 454 g/mol. The summed E-state index contributed by atoms with van der Waals surface area (Å²) in [5, 5.41) is 3.86. The van der Waals surface area contributed by atoms with Crippen LogP contribution in [0.15, 0.2) is 52.0 Å². The zero-order valence-corrected chi connectivity index (χ0v) is 20.7. The van der Waals surface area contributed by atoms with Crippen LogP contribution in [0.4, 0.5) is 11.4 Å². The van der Waals surface area contributed by atoms with Gasteiger partial charge in [-0.2, -0.15) is 4.31 Å². The van der Waals surface area contributed by atoms with Crippen molar-refractivity contribution in [3.05, 3.63) is 53.8 Å². The lowest BCUT2D eigenvalue weighted by atomic mass is 10.1. The molecule has 1 fully saturated rings. The summed E-state index contributed by atoms with van der Waals surface area (Å²) in [6.45, 7) is 8.83. The fraction of sp³-hybridized carbons (Fsp3) is 0.400. The standard InChI is InChI=1S/C25H31N3O5S/c1-4-28(5-2)34(30,31)20-7-9-23(27-10-12-32-13-11-27)22(16-20)26-25(29)15-19-17-33-24-14-18(3)6-8-21(19)24/h6-9,14,16-17H,4-5,10-13,15H2,1-3H3,(H,26,29). The number of fused-ring (bicyclic) bond motifs is 1. The van der Waals surface area contributed by atoms with E-state index in [1.165, 1.54) is 4.31 Å². The molecule has 0 aliphatic carbocycles. The van der Waals surface area contributed by atoms with Gasteiger partial charge < -0.3 is 19.4 Å². The Balaban J connectivity index is 1.65. The first-order chi connectivity index (χ1) is 16.3. The van der Waals surface area contributed by atoms with Gasteiger partial charge in [0.2, 0.25) is 15.9 Å². The van der Waals surface area contributed by atoms with E-state index in [1.54, 1.807) is 24.5 Å². The summed E-state index contributed by atoms with van der Waals surface area (Å²) in [6, 6.07) is 10.8. The zero-order valence-electron chi connectivity index (χ0n) is 19.8. The molecule has 9 heteroatoms.